The predicted octanol–water partition coefficient (Wildman–Crippen LogP) is -0.626. The van der Waals surface area contributed by atoms with Crippen LogP contribution in [-0.2, 0) is 16.3 Å². The molecular weight excluding hydrogens is 264 g/mol. The SMILES string of the molecule is CC(=O)OCCC#Cc1nn(CO)c2nc[nH]c(=O)c12. The standard InChI is InChI=1S/C12H12N4O4/c1-8(18)20-5-3-2-4-9-10-11(16(7-17)15-9)13-6-14-12(10)19/h6,17H,3,5,7H2,1H3,(H,13,14,19). The lowest BCUT2D eigenvalue weighted by molar-refractivity contribution is -0.140. The highest BCUT2D eigenvalue weighted by Crippen LogP contribution is 2.10. The van der Waals surface area contributed by atoms with Crippen molar-refractivity contribution in [3.05, 3.63) is 22.4 Å². The fourth-order valence-electron chi connectivity index (χ4n) is 1.60. The molecule has 2 N–H and O–H groups in total. The van der Waals surface area contributed by atoms with Gasteiger partial charge < -0.3 is 14.8 Å². The number of aliphatic hydroxyl groups is 1. The van der Waals surface area contributed by atoms with Crippen LogP contribution in [0.1, 0.15) is 19.0 Å². The summed E-state index contributed by atoms with van der Waals surface area (Å²) in [6, 6.07) is 0. The molecule has 0 aliphatic carbocycles. The minimum atomic E-state index is -0.401. The third-order valence-electron chi connectivity index (χ3n) is 2.41. The number of aromatic amines is 1. The van der Waals surface area contributed by atoms with Gasteiger partial charge in [-0.3, -0.25) is 9.59 Å². The van der Waals surface area contributed by atoms with Gasteiger partial charge in [0.2, 0.25) is 0 Å². The van der Waals surface area contributed by atoms with Crippen molar-refractivity contribution in [2.24, 2.45) is 0 Å². The zero-order valence-corrected chi connectivity index (χ0v) is 10.7. The molecule has 0 unspecified atom stereocenters. The molecule has 0 aromatic carbocycles. The van der Waals surface area contributed by atoms with Gasteiger partial charge in [-0.25, -0.2) is 9.67 Å². The summed E-state index contributed by atoms with van der Waals surface area (Å²) in [5.41, 5.74) is 0.116. The van der Waals surface area contributed by atoms with Gasteiger partial charge in [0, 0.05) is 13.3 Å². The summed E-state index contributed by atoms with van der Waals surface area (Å²) in [6.07, 6.45) is 1.56. The quantitative estimate of drug-likeness (QED) is 0.439. The fraction of sp³-hybridized carbons (Fsp3) is 0.333. The first-order valence-electron chi connectivity index (χ1n) is 5.80. The molecule has 0 atom stereocenters. The summed E-state index contributed by atoms with van der Waals surface area (Å²) in [7, 11) is 0. The molecule has 2 rings (SSSR count). The summed E-state index contributed by atoms with van der Waals surface area (Å²) < 4.78 is 5.91. The van der Waals surface area contributed by atoms with Crippen molar-refractivity contribution in [2.45, 2.75) is 20.1 Å². The summed E-state index contributed by atoms with van der Waals surface area (Å²) in [6.45, 7) is 1.09. The average Bonchev–Trinajstić information content (AvgIpc) is 2.77. The number of carbonyl (C=O) groups is 1. The number of esters is 1. The van der Waals surface area contributed by atoms with E-state index < -0.39 is 6.73 Å². The fourth-order valence-corrected chi connectivity index (χ4v) is 1.60. The first-order valence-corrected chi connectivity index (χ1v) is 5.80. The van der Waals surface area contributed by atoms with Crippen molar-refractivity contribution in [1.82, 2.24) is 19.7 Å². The van der Waals surface area contributed by atoms with E-state index in [0.29, 0.717) is 6.42 Å². The molecule has 0 bridgehead atoms. The van der Waals surface area contributed by atoms with Gasteiger partial charge in [-0.1, -0.05) is 5.92 Å². The number of hydrogen-bond donors (Lipinski definition) is 2. The molecule has 0 saturated carbocycles. The second-order valence-electron chi connectivity index (χ2n) is 3.81. The Morgan fingerprint density at radius 1 is 1.60 bits per heavy atom. The van der Waals surface area contributed by atoms with Crippen molar-refractivity contribution in [2.75, 3.05) is 6.61 Å². The first kappa shape index (κ1) is 13.8. The molecule has 2 aromatic rings. The van der Waals surface area contributed by atoms with Gasteiger partial charge in [0.25, 0.3) is 5.56 Å². The van der Waals surface area contributed by atoms with E-state index in [0.717, 1.165) is 0 Å². The van der Waals surface area contributed by atoms with Crippen molar-refractivity contribution in [1.29, 1.82) is 0 Å². The summed E-state index contributed by atoms with van der Waals surface area (Å²) in [4.78, 5) is 28.7. The Bertz CT molecular complexity index is 750. The third-order valence-corrected chi connectivity index (χ3v) is 2.41. The highest BCUT2D eigenvalue weighted by atomic mass is 16.5. The van der Waals surface area contributed by atoms with Crippen LogP contribution in [0.25, 0.3) is 11.0 Å². The lowest BCUT2D eigenvalue weighted by Crippen LogP contribution is -2.07. The summed E-state index contributed by atoms with van der Waals surface area (Å²) >= 11 is 0. The number of H-pyrrole nitrogens is 1. The lowest BCUT2D eigenvalue weighted by Gasteiger charge is -1.94. The second kappa shape index (κ2) is 5.99. The molecule has 0 amide bonds. The average molecular weight is 276 g/mol. The van der Waals surface area contributed by atoms with Gasteiger partial charge in [-0.15, -0.1) is 0 Å². The maximum Gasteiger partial charge on any atom is 0.302 e. The van der Waals surface area contributed by atoms with Crippen LogP contribution in [-0.4, -0.2) is 37.4 Å². The minimum absolute atomic E-state index is 0.176. The Morgan fingerprint density at radius 3 is 3.10 bits per heavy atom. The molecule has 104 valence electrons. The Hall–Kier alpha value is -2.66. The van der Waals surface area contributed by atoms with Crippen LogP contribution < -0.4 is 5.56 Å². The van der Waals surface area contributed by atoms with Gasteiger partial charge in [0.1, 0.15) is 18.7 Å². The van der Waals surface area contributed by atoms with Crippen molar-refractivity contribution in [3.8, 4) is 11.8 Å². The van der Waals surface area contributed by atoms with Gasteiger partial charge in [-0.05, 0) is 5.92 Å². The second-order valence-corrected chi connectivity index (χ2v) is 3.81. The molecule has 2 aromatic heterocycles. The van der Waals surface area contributed by atoms with Crippen LogP contribution in [0.3, 0.4) is 0 Å². The van der Waals surface area contributed by atoms with Crippen LogP contribution >= 0.6 is 0 Å². The number of aliphatic hydroxyl groups excluding tert-OH is 1. The van der Waals surface area contributed by atoms with Crippen LogP contribution in [0.4, 0.5) is 0 Å². The Kier molecular flexibility index (Phi) is 4.12. The smallest absolute Gasteiger partial charge is 0.302 e. The number of aromatic nitrogens is 4. The zero-order chi connectivity index (χ0) is 14.5. The number of rotatable bonds is 3. The van der Waals surface area contributed by atoms with Gasteiger partial charge in [0.15, 0.2) is 11.3 Å². The van der Waals surface area contributed by atoms with E-state index in [9.17, 15) is 9.59 Å². The summed E-state index contributed by atoms with van der Waals surface area (Å²) in [5.74, 6) is 5.09. The molecule has 0 spiro atoms. The van der Waals surface area contributed by atoms with Crippen molar-refractivity contribution >= 4 is 17.0 Å². The number of fused-ring (bicyclic) bond motifs is 1. The van der Waals surface area contributed by atoms with E-state index in [1.54, 1.807) is 0 Å². The Balaban J connectivity index is 2.29. The van der Waals surface area contributed by atoms with E-state index in [1.807, 2.05) is 0 Å². The number of nitrogens with one attached hydrogen (secondary N) is 1. The van der Waals surface area contributed by atoms with Crippen molar-refractivity contribution in [3.63, 3.8) is 0 Å². The Morgan fingerprint density at radius 2 is 2.40 bits per heavy atom. The summed E-state index contributed by atoms with van der Waals surface area (Å²) in [5, 5.41) is 13.4. The molecular formula is C12H12N4O4. The van der Waals surface area contributed by atoms with Gasteiger partial charge in [0.05, 0.1) is 6.33 Å². The number of nitrogens with zero attached hydrogens (tertiary/aromatic N) is 3. The van der Waals surface area contributed by atoms with Crippen LogP contribution in [0.15, 0.2) is 11.1 Å². The molecule has 0 saturated heterocycles. The highest BCUT2D eigenvalue weighted by Gasteiger charge is 2.12. The van der Waals surface area contributed by atoms with Crippen molar-refractivity contribution < 1.29 is 14.6 Å². The van der Waals surface area contributed by atoms with Crippen LogP contribution in [0.5, 0.6) is 0 Å². The van der Waals surface area contributed by atoms with E-state index in [2.05, 4.69) is 26.9 Å². The highest BCUT2D eigenvalue weighted by molar-refractivity contribution is 5.80. The molecule has 8 heteroatoms. The molecule has 0 aliphatic heterocycles. The largest absolute Gasteiger partial charge is 0.465 e. The normalized spacial score (nSPS) is 10.1. The molecule has 20 heavy (non-hydrogen) atoms. The number of carbonyl (C=O) groups excluding carboxylic acids is 1. The van der Waals surface area contributed by atoms with Gasteiger partial charge in [-0.2, -0.15) is 5.10 Å². The molecule has 2 heterocycles. The zero-order valence-electron chi connectivity index (χ0n) is 10.7. The maximum absolute atomic E-state index is 11.7. The molecule has 0 aliphatic rings. The minimum Gasteiger partial charge on any atom is -0.465 e. The Labute approximate surface area is 113 Å². The number of ether oxygens (including phenoxy) is 1. The van der Waals surface area contributed by atoms with E-state index >= 15 is 0 Å². The van der Waals surface area contributed by atoms with E-state index in [1.165, 1.54) is 17.9 Å². The molecule has 0 radical (unpaired) electrons. The monoisotopic (exact) mass is 276 g/mol. The molecule has 0 fully saturated rings. The maximum atomic E-state index is 11.7. The molecule has 8 nitrogen and oxygen atoms in total. The van der Waals surface area contributed by atoms with Crippen LogP contribution in [0, 0.1) is 11.8 Å². The first-order chi connectivity index (χ1) is 9.63. The van der Waals surface area contributed by atoms with E-state index in [4.69, 9.17) is 9.84 Å². The lowest BCUT2D eigenvalue weighted by atomic mass is 10.3. The predicted molar refractivity (Wildman–Crippen MR) is 68.5 cm³/mol. The van der Waals surface area contributed by atoms with E-state index in [-0.39, 0.29) is 34.9 Å². The number of hydrogen-bond acceptors (Lipinski definition) is 6. The van der Waals surface area contributed by atoms with Crippen LogP contribution in [0.2, 0.25) is 0 Å². The third kappa shape index (κ3) is 2.84. The topological polar surface area (TPSA) is 110 Å². The van der Waals surface area contributed by atoms with Gasteiger partial charge >= 0.3 is 5.97 Å².